The van der Waals surface area contributed by atoms with Gasteiger partial charge in [-0.15, -0.1) is 0 Å². The number of hydrogen-bond acceptors (Lipinski definition) is 5. The molecule has 3 heterocycles. The van der Waals surface area contributed by atoms with E-state index in [2.05, 4.69) is 15.5 Å². The Labute approximate surface area is 140 Å². The predicted octanol–water partition coefficient (Wildman–Crippen LogP) is 3.19. The molecule has 128 valence electrons. The lowest BCUT2D eigenvalue weighted by Crippen LogP contribution is -2.35. The molecule has 1 atom stereocenters. The fourth-order valence-electron chi connectivity index (χ4n) is 2.93. The average Bonchev–Trinajstić information content (AvgIpc) is 3.19. The molecule has 0 aliphatic heterocycles. The van der Waals surface area contributed by atoms with Gasteiger partial charge in [0, 0.05) is 24.2 Å². The van der Waals surface area contributed by atoms with Crippen LogP contribution >= 0.6 is 0 Å². The summed E-state index contributed by atoms with van der Waals surface area (Å²) in [4.78, 5) is 0. The summed E-state index contributed by atoms with van der Waals surface area (Å²) in [6.07, 6.45) is 1.77. The van der Waals surface area contributed by atoms with Crippen molar-refractivity contribution in [3.63, 3.8) is 0 Å². The van der Waals surface area contributed by atoms with Gasteiger partial charge in [-0.05, 0) is 45.9 Å². The number of hydrogen-bond donors (Lipinski definition) is 3. The van der Waals surface area contributed by atoms with Gasteiger partial charge in [0.15, 0.2) is 5.76 Å². The van der Waals surface area contributed by atoms with Crippen LogP contribution in [0.2, 0.25) is 0 Å². The first kappa shape index (κ1) is 16.5. The monoisotopic (exact) mass is 329 g/mol. The van der Waals surface area contributed by atoms with Crippen LogP contribution in [-0.4, -0.2) is 21.8 Å². The molecule has 0 amide bonds. The quantitative estimate of drug-likeness (QED) is 0.646. The Morgan fingerprint density at radius 1 is 1.21 bits per heavy atom. The molecule has 3 rings (SSSR count). The molecule has 3 aromatic heterocycles. The highest BCUT2D eigenvalue weighted by atomic mass is 16.3. The van der Waals surface area contributed by atoms with Crippen LogP contribution in [0.15, 0.2) is 33.2 Å². The summed E-state index contributed by atoms with van der Waals surface area (Å²) in [5.74, 6) is 3.16. The summed E-state index contributed by atoms with van der Waals surface area (Å²) in [6, 6.07) is 5.72. The van der Waals surface area contributed by atoms with Gasteiger partial charge in [0.05, 0.1) is 6.20 Å². The molecule has 6 heteroatoms. The van der Waals surface area contributed by atoms with Gasteiger partial charge < -0.3 is 19.3 Å². The first-order chi connectivity index (χ1) is 11.4. The highest BCUT2D eigenvalue weighted by Crippen LogP contribution is 2.27. The van der Waals surface area contributed by atoms with E-state index >= 15 is 0 Å². The van der Waals surface area contributed by atoms with Gasteiger partial charge in [0.25, 0.3) is 0 Å². The third-order valence-corrected chi connectivity index (χ3v) is 4.11. The van der Waals surface area contributed by atoms with E-state index in [1.54, 1.807) is 13.1 Å². The number of nitrogens with one attached hydrogen (secondary N) is 2. The van der Waals surface area contributed by atoms with Crippen molar-refractivity contribution in [3.05, 3.63) is 52.8 Å². The first-order valence-corrected chi connectivity index (χ1v) is 7.96. The fourth-order valence-corrected chi connectivity index (χ4v) is 2.93. The highest BCUT2D eigenvalue weighted by Gasteiger charge is 2.27. The molecular weight excluding hydrogens is 306 g/mol. The van der Waals surface area contributed by atoms with Crippen LogP contribution in [-0.2, 0) is 12.1 Å². The second kappa shape index (κ2) is 6.30. The molecule has 0 saturated heterocycles. The predicted molar refractivity (Wildman–Crippen MR) is 90.5 cm³/mol. The van der Waals surface area contributed by atoms with Crippen molar-refractivity contribution in [3.8, 4) is 11.5 Å². The molecule has 0 radical (unpaired) electrons. The van der Waals surface area contributed by atoms with Crippen molar-refractivity contribution < 1.29 is 13.9 Å². The fraction of sp³-hybridized carbons (Fsp3) is 0.389. The number of furan rings is 2. The number of rotatable bonds is 6. The molecule has 0 bridgehead atoms. The van der Waals surface area contributed by atoms with Gasteiger partial charge in [0.1, 0.15) is 28.6 Å². The van der Waals surface area contributed by atoms with Gasteiger partial charge in [0.2, 0.25) is 0 Å². The van der Waals surface area contributed by atoms with Gasteiger partial charge in [-0.3, -0.25) is 5.10 Å². The standard InChI is InChI=1S/C18H23N3O3/c1-11-5-6-16(24-11)17-14(9-20-21-17)8-19-10-18(4,22)15-7-12(2)23-13(15)3/h5-7,9,19,22H,8,10H2,1-4H3,(H,20,21). The number of aryl methyl sites for hydroxylation is 3. The van der Waals surface area contributed by atoms with Crippen LogP contribution in [0.4, 0.5) is 0 Å². The first-order valence-electron chi connectivity index (χ1n) is 7.96. The van der Waals surface area contributed by atoms with Crippen molar-refractivity contribution in [1.82, 2.24) is 15.5 Å². The van der Waals surface area contributed by atoms with E-state index in [0.29, 0.717) is 13.1 Å². The Bertz CT molecular complexity index is 826. The molecule has 0 saturated carbocycles. The topological polar surface area (TPSA) is 87.2 Å². The molecule has 6 nitrogen and oxygen atoms in total. The van der Waals surface area contributed by atoms with Crippen molar-refractivity contribution in [2.75, 3.05) is 6.54 Å². The van der Waals surface area contributed by atoms with Crippen LogP contribution in [0.25, 0.3) is 11.5 Å². The molecule has 0 fully saturated rings. The number of nitrogens with zero attached hydrogens (tertiary/aromatic N) is 1. The van der Waals surface area contributed by atoms with E-state index in [1.165, 1.54) is 0 Å². The molecule has 0 aliphatic carbocycles. The second-order valence-electron chi connectivity index (χ2n) is 6.38. The minimum Gasteiger partial charge on any atom is -0.466 e. The Balaban J connectivity index is 1.67. The zero-order chi connectivity index (χ0) is 17.3. The van der Waals surface area contributed by atoms with Gasteiger partial charge in [-0.1, -0.05) is 0 Å². The maximum absolute atomic E-state index is 10.7. The molecule has 3 N–H and O–H groups in total. The number of H-pyrrole nitrogens is 1. The normalized spacial score (nSPS) is 14.0. The lowest BCUT2D eigenvalue weighted by Gasteiger charge is -2.23. The summed E-state index contributed by atoms with van der Waals surface area (Å²) in [6.45, 7) is 8.40. The number of aromatic nitrogens is 2. The number of aliphatic hydroxyl groups is 1. The average molecular weight is 329 g/mol. The van der Waals surface area contributed by atoms with Crippen LogP contribution in [0.5, 0.6) is 0 Å². The van der Waals surface area contributed by atoms with E-state index < -0.39 is 5.60 Å². The Kier molecular flexibility index (Phi) is 4.34. The van der Waals surface area contributed by atoms with Crippen LogP contribution in [0.3, 0.4) is 0 Å². The minimum absolute atomic E-state index is 0.397. The largest absolute Gasteiger partial charge is 0.466 e. The number of aromatic amines is 1. The molecule has 24 heavy (non-hydrogen) atoms. The Hall–Kier alpha value is -2.31. The van der Waals surface area contributed by atoms with E-state index in [4.69, 9.17) is 8.83 Å². The molecule has 0 aliphatic rings. The maximum atomic E-state index is 10.7. The second-order valence-corrected chi connectivity index (χ2v) is 6.38. The summed E-state index contributed by atoms with van der Waals surface area (Å²) in [5.41, 5.74) is 1.64. The summed E-state index contributed by atoms with van der Waals surface area (Å²) in [5, 5.41) is 21.1. The minimum atomic E-state index is -1.01. The van der Waals surface area contributed by atoms with Crippen molar-refractivity contribution in [2.45, 2.75) is 39.8 Å². The van der Waals surface area contributed by atoms with Gasteiger partial charge in [-0.2, -0.15) is 5.10 Å². The summed E-state index contributed by atoms with van der Waals surface area (Å²) < 4.78 is 11.2. The van der Waals surface area contributed by atoms with Gasteiger partial charge in [-0.25, -0.2) is 0 Å². The highest BCUT2D eigenvalue weighted by molar-refractivity contribution is 5.56. The van der Waals surface area contributed by atoms with Crippen LogP contribution < -0.4 is 5.32 Å². The molecular formula is C18H23N3O3. The smallest absolute Gasteiger partial charge is 0.152 e. The maximum Gasteiger partial charge on any atom is 0.152 e. The van der Waals surface area contributed by atoms with Gasteiger partial charge >= 0.3 is 0 Å². The molecule has 1 unspecified atom stereocenters. The third kappa shape index (κ3) is 3.29. The van der Waals surface area contributed by atoms with Crippen molar-refractivity contribution in [2.24, 2.45) is 0 Å². The Morgan fingerprint density at radius 3 is 2.62 bits per heavy atom. The summed E-state index contributed by atoms with van der Waals surface area (Å²) in [7, 11) is 0. The lowest BCUT2D eigenvalue weighted by molar-refractivity contribution is 0.0552. The zero-order valence-electron chi connectivity index (χ0n) is 14.4. The lowest BCUT2D eigenvalue weighted by atomic mass is 9.96. The van der Waals surface area contributed by atoms with Crippen molar-refractivity contribution in [1.29, 1.82) is 0 Å². The van der Waals surface area contributed by atoms with E-state index in [9.17, 15) is 5.11 Å². The van der Waals surface area contributed by atoms with E-state index in [0.717, 1.165) is 39.9 Å². The Morgan fingerprint density at radius 2 is 2.00 bits per heavy atom. The van der Waals surface area contributed by atoms with Crippen molar-refractivity contribution >= 4 is 0 Å². The third-order valence-electron chi connectivity index (χ3n) is 4.11. The van der Waals surface area contributed by atoms with Crippen LogP contribution in [0.1, 0.15) is 35.3 Å². The zero-order valence-corrected chi connectivity index (χ0v) is 14.4. The van der Waals surface area contributed by atoms with Crippen LogP contribution in [0, 0.1) is 20.8 Å². The summed E-state index contributed by atoms with van der Waals surface area (Å²) >= 11 is 0. The molecule has 0 aromatic carbocycles. The van der Waals surface area contributed by atoms with E-state index in [-0.39, 0.29) is 0 Å². The SMILES string of the molecule is Cc1ccc(-c2[nH]ncc2CNCC(C)(O)c2cc(C)oc2C)o1. The van der Waals surface area contributed by atoms with E-state index in [1.807, 2.05) is 39.0 Å². The molecule has 0 spiro atoms. The molecule has 3 aromatic rings.